The van der Waals surface area contributed by atoms with Crippen molar-refractivity contribution in [2.45, 2.75) is 78.1 Å². The molecule has 0 aliphatic carbocycles. The van der Waals surface area contributed by atoms with E-state index in [1.165, 1.54) is 50.7 Å². The molecular weight excluding hydrogens is 455 g/mol. The number of ether oxygens (including phenoxy) is 2. The molecule has 3 rings (SSSR count). The molecule has 0 N–H and O–H groups in total. The SMILES string of the molecule is CCCCCCCCCCOc1ccc(C(=O)Oc2ccc(-c3ncc(CCC)cn3)cc2)c(F)c1. The number of esters is 1. The number of carbonyl (C=O) groups excluding carboxylic acids is 1. The lowest BCUT2D eigenvalue weighted by atomic mass is 10.1. The van der Waals surface area contributed by atoms with Crippen LogP contribution in [0.3, 0.4) is 0 Å². The van der Waals surface area contributed by atoms with Crippen LogP contribution in [0.15, 0.2) is 54.9 Å². The summed E-state index contributed by atoms with van der Waals surface area (Å²) in [6.45, 7) is 4.87. The fourth-order valence-corrected chi connectivity index (χ4v) is 3.93. The van der Waals surface area contributed by atoms with Crippen LogP contribution in [0, 0.1) is 5.82 Å². The van der Waals surface area contributed by atoms with E-state index in [1.807, 2.05) is 12.4 Å². The molecule has 192 valence electrons. The second-order valence-corrected chi connectivity index (χ2v) is 9.04. The van der Waals surface area contributed by atoms with Crippen LogP contribution in [0.4, 0.5) is 4.39 Å². The average molecular weight is 493 g/mol. The molecule has 0 atom stereocenters. The molecule has 5 nitrogen and oxygen atoms in total. The highest BCUT2D eigenvalue weighted by molar-refractivity contribution is 5.91. The largest absolute Gasteiger partial charge is 0.493 e. The van der Waals surface area contributed by atoms with E-state index in [1.54, 1.807) is 30.3 Å². The molecule has 0 aliphatic rings. The van der Waals surface area contributed by atoms with Gasteiger partial charge in [0.2, 0.25) is 0 Å². The molecule has 0 spiro atoms. The maximum atomic E-state index is 14.6. The molecule has 36 heavy (non-hydrogen) atoms. The molecule has 2 aromatic carbocycles. The second kappa shape index (κ2) is 15.0. The number of benzene rings is 2. The fraction of sp³-hybridized carbons (Fsp3) is 0.433. The van der Waals surface area contributed by atoms with Gasteiger partial charge < -0.3 is 9.47 Å². The van der Waals surface area contributed by atoms with Crippen molar-refractivity contribution >= 4 is 5.97 Å². The Balaban J connectivity index is 1.45. The minimum Gasteiger partial charge on any atom is -0.493 e. The second-order valence-electron chi connectivity index (χ2n) is 9.04. The van der Waals surface area contributed by atoms with Crippen molar-refractivity contribution in [3.05, 3.63) is 71.8 Å². The lowest BCUT2D eigenvalue weighted by Crippen LogP contribution is -2.11. The van der Waals surface area contributed by atoms with E-state index in [0.717, 1.165) is 36.8 Å². The van der Waals surface area contributed by atoms with Gasteiger partial charge in [0, 0.05) is 24.0 Å². The Hall–Kier alpha value is -3.28. The number of aryl methyl sites for hydroxylation is 1. The molecular formula is C30H37FN2O3. The number of aromatic nitrogens is 2. The zero-order valence-corrected chi connectivity index (χ0v) is 21.5. The number of carbonyl (C=O) groups is 1. The summed E-state index contributed by atoms with van der Waals surface area (Å²) in [5, 5.41) is 0. The van der Waals surface area contributed by atoms with Crippen LogP contribution >= 0.6 is 0 Å². The van der Waals surface area contributed by atoms with E-state index >= 15 is 0 Å². The molecule has 0 bridgehead atoms. The van der Waals surface area contributed by atoms with E-state index in [-0.39, 0.29) is 5.56 Å². The third-order valence-electron chi connectivity index (χ3n) is 5.99. The lowest BCUT2D eigenvalue weighted by Gasteiger charge is -2.09. The van der Waals surface area contributed by atoms with E-state index in [2.05, 4.69) is 23.8 Å². The zero-order valence-electron chi connectivity index (χ0n) is 21.5. The first-order valence-electron chi connectivity index (χ1n) is 13.2. The van der Waals surface area contributed by atoms with Crippen LogP contribution in [0.1, 0.15) is 87.6 Å². The van der Waals surface area contributed by atoms with Crippen molar-refractivity contribution in [3.63, 3.8) is 0 Å². The number of halogens is 1. The number of hydrogen-bond donors (Lipinski definition) is 0. The minimum atomic E-state index is -0.755. The van der Waals surface area contributed by atoms with Gasteiger partial charge in [-0.15, -0.1) is 0 Å². The van der Waals surface area contributed by atoms with E-state index in [0.29, 0.717) is 23.9 Å². The number of rotatable bonds is 15. The van der Waals surface area contributed by atoms with Crippen molar-refractivity contribution in [1.29, 1.82) is 0 Å². The van der Waals surface area contributed by atoms with Gasteiger partial charge >= 0.3 is 5.97 Å². The van der Waals surface area contributed by atoms with Crippen LogP contribution < -0.4 is 9.47 Å². The van der Waals surface area contributed by atoms with Gasteiger partial charge in [0.1, 0.15) is 17.3 Å². The number of unbranched alkanes of at least 4 members (excludes halogenated alkanes) is 7. The zero-order chi connectivity index (χ0) is 25.6. The first kappa shape index (κ1) is 27.3. The smallest absolute Gasteiger partial charge is 0.346 e. The number of hydrogen-bond acceptors (Lipinski definition) is 5. The summed E-state index contributed by atoms with van der Waals surface area (Å²) in [6.07, 6.45) is 15.3. The first-order chi connectivity index (χ1) is 17.6. The normalized spacial score (nSPS) is 10.9. The summed E-state index contributed by atoms with van der Waals surface area (Å²) >= 11 is 0. The van der Waals surface area contributed by atoms with Crippen molar-refractivity contribution in [1.82, 2.24) is 9.97 Å². The van der Waals surface area contributed by atoms with Gasteiger partial charge in [0.05, 0.1) is 12.2 Å². The molecule has 6 heteroatoms. The van der Waals surface area contributed by atoms with Gasteiger partial charge in [-0.3, -0.25) is 0 Å². The lowest BCUT2D eigenvalue weighted by molar-refractivity contribution is 0.0730. The number of nitrogens with zero attached hydrogens (tertiary/aromatic N) is 2. The van der Waals surface area contributed by atoms with E-state index in [9.17, 15) is 9.18 Å². The van der Waals surface area contributed by atoms with Gasteiger partial charge in [0.25, 0.3) is 0 Å². The quantitative estimate of drug-likeness (QED) is 0.122. The topological polar surface area (TPSA) is 61.3 Å². The first-order valence-corrected chi connectivity index (χ1v) is 13.2. The summed E-state index contributed by atoms with van der Waals surface area (Å²) in [6, 6.07) is 11.1. The Morgan fingerprint density at radius 1 is 0.806 bits per heavy atom. The van der Waals surface area contributed by atoms with Gasteiger partial charge in [-0.25, -0.2) is 19.2 Å². The molecule has 1 heterocycles. The van der Waals surface area contributed by atoms with Gasteiger partial charge in [-0.05, 0) is 54.8 Å². The van der Waals surface area contributed by atoms with Crippen molar-refractivity contribution in [2.75, 3.05) is 6.61 Å². The van der Waals surface area contributed by atoms with E-state index < -0.39 is 11.8 Å². The van der Waals surface area contributed by atoms with Crippen molar-refractivity contribution in [2.24, 2.45) is 0 Å². The van der Waals surface area contributed by atoms with Crippen LogP contribution in [-0.4, -0.2) is 22.5 Å². The van der Waals surface area contributed by atoms with Crippen LogP contribution in [-0.2, 0) is 6.42 Å². The molecule has 0 saturated carbocycles. The van der Waals surface area contributed by atoms with E-state index in [4.69, 9.17) is 9.47 Å². The molecule has 3 aromatic rings. The van der Waals surface area contributed by atoms with Crippen molar-refractivity contribution in [3.8, 4) is 22.9 Å². The molecule has 0 saturated heterocycles. The third kappa shape index (κ3) is 8.74. The standard InChI is InChI=1S/C30H37FN2O3/c1-3-5-6-7-8-9-10-11-19-35-26-17-18-27(28(31)20-26)30(34)36-25-15-13-24(14-16-25)29-32-21-23(12-4-2)22-33-29/h13-18,20-22H,3-12,19H2,1-2H3. The highest BCUT2D eigenvalue weighted by Gasteiger charge is 2.15. The summed E-state index contributed by atoms with van der Waals surface area (Å²) in [5.74, 6) is -0.0796. The molecule has 0 amide bonds. The van der Waals surface area contributed by atoms with Crippen molar-refractivity contribution < 1.29 is 18.7 Å². The fourth-order valence-electron chi connectivity index (χ4n) is 3.93. The average Bonchev–Trinajstić information content (AvgIpc) is 2.89. The Kier molecular flexibility index (Phi) is 11.4. The highest BCUT2D eigenvalue weighted by Crippen LogP contribution is 2.22. The summed E-state index contributed by atoms with van der Waals surface area (Å²) < 4.78 is 25.6. The van der Waals surface area contributed by atoms with Crippen LogP contribution in [0.2, 0.25) is 0 Å². The summed E-state index contributed by atoms with van der Waals surface area (Å²) in [7, 11) is 0. The summed E-state index contributed by atoms with van der Waals surface area (Å²) in [5.41, 5.74) is 1.77. The Morgan fingerprint density at radius 3 is 2.08 bits per heavy atom. The predicted molar refractivity (Wildman–Crippen MR) is 141 cm³/mol. The molecule has 0 aliphatic heterocycles. The monoisotopic (exact) mass is 492 g/mol. The van der Waals surface area contributed by atoms with Gasteiger partial charge in [-0.1, -0.05) is 65.2 Å². The molecule has 0 fully saturated rings. The van der Waals surface area contributed by atoms with Gasteiger partial charge in [-0.2, -0.15) is 0 Å². The highest BCUT2D eigenvalue weighted by atomic mass is 19.1. The Bertz CT molecular complexity index is 1070. The molecule has 1 aromatic heterocycles. The maximum Gasteiger partial charge on any atom is 0.346 e. The third-order valence-corrected chi connectivity index (χ3v) is 5.99. The van der Waals surface area contributed by atoms with Crippen LogP contribution in [0.25, 0.3) is 11.4 Å². The van der Waals surface area contributed by atoms with Gasteiger partial charge in [0.15, 0.2) is 5.82 Å². The minimum absolute atomic E-state index is 0.131. The Labute approximate surface area is 214 Å². The maximum absolute atomic E-state index is 14.6. The van der Waals surface area contributed by atoms with Crippen LogP contribution in [0.5, 0.6) is 11.5 Å². The predicted octanol–water partition coefficient (Wildman–Crippen LogP) is 7.97. The summed E-state index contributed by atoms with van der Waals surface area (Å²) in [4.78, 5) is 21.3. The Morgan fingerprint density at radius 2 is 1.44 bits per heavy atom. The molecule has 0 unspecified atom stereocenters. The molecule has 0 radical (unpaired) electrons.